The van der Waals surface area contributed by atoms with E-state index in [2.05, 4.69) is 4.99 Å². The van der Waals surface area contributed by atoms with Gasteiger partial charge in [-0.15, -0.1) is 0 Å². The summed E-state index contributed by atoms with van der Waals surface area (Å²) in [4.78, 5) is 52.9. The molecule has 2 heterocycles. The number of aryl methyl sites for hydroxylation is 1. The van der Waals surface area contributed by atoms with Crippen molar-refractivity contribution >= 4 is 34.8 Å². The number of ether oxygens (including phenoxy) is 2. The molecule has 0 fully saturated rings. The summed E-state index contributed by atoms with van der Waals surface area (Å²) in [5.74, 6) is -0.502. The van der Waals surface area contributed by atoms with E-state index in [1.165, 1.54) is 4.57 Å². The van der Waals surface area contributed by atoms with Crippen LogP contribution in [0.25, 0.3) is 6.08 Å². The van der Waals surface area contributed by atoms with Crippen molar-refractivity contribution in [3.05, 3.63) is 135 Å². The lowest BCUT2D eigenvalue weighted by molar-refractivity contribution is -0.394. The molecule has 5 rings (SSSR count). The number of nitro benzene ring substituents is 2. The number of nitrogens with zero attached hydrogens (tertiary/aromatic N) is 4. The fourth-order valence-corrected chi connectivity index (χ4v) is 5.70. The largest absolute Gasteiger partial charge is 0.463 e. The third-order valence-electron chi connectivity index (χ3n) is 6.64. The number of carbonyl (C=O) groups is 1. The molecule has 0 N–H and O–H groups in total. The molecular weight excluding hydrogens is 576 g/mol. The van der Waals surface area contributed by atoms with Crippen molar-refractivity contribution < 1.29 is 24.1 Å². The maximum absolute atomic E-state index is 13.8. The second kappa shape index (κ2) is 11.8. The van der Waals surface area contributed by atoms with Crippen LogP contribution < -0.4 is 19.6 Å². The number of esters is 1. The van der Waals surface area contributed by atoms with Crippen LogP contribution in [0.1, 0.15) is 36.6 Å². The molecule has 13 heteroatoms. The van der Waals surface area contributed by atoms with Gasteiger partial charge in [0.15, 0.2) is 4.80 Å². The monoisotopic (exact) mass is 600 g/mol. The zero-order chi connectivity index (χ0) is 30.8. The molecule has 218 valence electrons. The number of thiazole rings is 1. The maximum Gasteiger partial charge on any atom is 0.338 e. The predicted molar refractivity (Wildman–Crippen MR) is 158 cm³/mol. The fourth-order valence-electron chi connectivity index (χ4n) is 4.65. The van der Waals surface area contributed by atoms with Gasteiger partial charge in [0.05, 0.1) is 44.4 Å². The Labute approximate surface area is 247 Å². The van der Waals surface area contributed by atoms with Crippen LogP contribution in [0, 0.1) is 27.2 Å². The first kappa shape index (κ1) is 29.1. The molecule has 1 aliphatic heterocycles. The van der Waals surface area contributed by atoms with Crippen molar-refractivity contribution in [1.29, 1.82) is 0 Å². The Morgan fingerprint density at radius 1 is 1.05 bits per heavy atom. The van der Waals surface area contributed by atoms with Gasteiger partial charge in [-0.05, 0) is 56.2 Å². The first-order chi connectivity index (χ1) is 20.6. The molecule has 4 aromatic rings. The number of allylic oxidation sites excluding steroid dienone is 1. The molecule has 0 radical (unpaired) electrons. The van der Waals surface area contributed by atoms with Gasteiger partial charge in [0.25, 0.3) is 11.2 Å². The minimum atomic E-state index is -0.760. The van der Waals surface area contributed by atoms with Crippen LogP contribution >= 0.6 is 11.3 Å². The van der Waals surface area contributed by atoms with Gasteiger partial charge in [0.2, 0.25) is 5.75 Å². The Hall–Kier alpha value is -5.43. The first-order valence-corrected chi connectivity index (χ1v) is 13.9. The van der Waals surface area contributed by atoms with Crippen molar-refractivity contribution in [3.8, 4) is 11.5 Å². The first-order valence-electron chi connectivity index (χ1n) is 13.0. The molecule has 0 bridgehead atoms. The van der Waals surface area contributed by atoms with E-state index < -0.39 is 33.2 Å². The Morgan fingerprint density at radius 3 is 2.47 bits per heavy atom. The van der Waals surface area contributed by atoms with Crippen LogP contribution in [-0.2, 0) is 9.53 Å². The molecule has 1 aromatic heterocycles. The Kier molecular flexibility index (Phi) is 7.99. The number of aromatic nitrogens is 1. The summed E-state index contributed by atoms with van der Waals surface area (Å²) in [6.45, 7) is 5.53. The third kappa shape index (κ3) is 5.83. The Bertz CT molecular complexity index is 1990. The molecule has 1 atom stereocenters. The van der Waals surface area contributed by atoms with Crippen molar-refractivity contribution in [2.24, 2.45) is 4.99 Å². The molecule has 0 aliphatic carbocycles. The van der Waals surface area contributed by atoms with Crippen molar-refractivity contribution in [2.45, 2.75) is 26.8 Å². The smallest absolute Gasteiger partial charge is 0.338 e. The van der Waals surface area contributed by atoms with E-state index in [0.717, 1.165) is 40.7 Å². The van der Waals surface area contributed by atoms with Crippen LogP contribution in [0.4, 0.5) is 11.4 Å². The van der Waals surface area contributed by atoms with E-state index in [0.29, 0.717) is 20.6 Å². The molecule has 0 unspecified atom stereocenters. The van der Waals surface area contributed by atoms with Gasteiger partial charge < -0.3 is 9.47 Å². The van der Waals surface area contributed by atoms with Crippen LogP contribution in [0.2, 0.25) is 0 Å². The average molecular weight is 601 g/mol. The topological polar surface area (TPSA) is 156 Å². The lowest BCUT2D eigenvalue weighted by atomic mass is 9.95. The SMILES string of the molecule is CCOC(=O)C1=C(C)N=c2s/c(=C\c3cccc(Oc4ccc([N+](=O)[O-])cc4[N+](=O)[O-])c3)c(=O)n2[C@@H]1c1ccc(C)cc1. The molecular formula is C30H24N4O8S. The zero-order valence-corrected chi connectivity index (χ0v) is 24.0. The van der Waals surface area contributed by atoms with E-state index in [9.17, 15) is 29.8 Å². The average Bonchev–Trinajstić information content (AvgIpc) is 3.26. The van der Waals surface area contributed by atoms with Gasteiger partial charge in [0, 0.05) is 6.07 Å². The number of benzene rings is 3. The minimum absolute atomic E-state index is 0.169. The number of nitro groups is 2. The quantitative estimate of drug-likeness (QED) is 0.160. The summed E-state index contributed by atoms with van der Waals surface area (Å²) < 4.78 is 12.9. The lowest BCUT2D eigenvalue weighted by Gasteiger charge is -2.24. The van der Waals surface area contributed by atoms with Crippen molar-refractivity contribution in [2.75, 3.05) is 6.61 Å². The van der Waals surface area contributed by atoms with E-state index in [1.54, 1.807) is 44.2 Å². The third-order valence-corrected chi connectivity index (χ3v) is 7.63. The van der Waals surface area contributed by atoms with Crippen LogP contribution in [0.15, 0.2) is 87.8 Å². The van der Waals surface area contributed by atoms with Crippen molar-refractivity contribution in [1.82, 2.24) is 4.57 Å². The molecule has 43 heavy (non-hydrogen) atoms. The van der Waals surface area contributed by atoms with Gasteiger partial charge in [-0.25, -0.2) is 9.79 Å². The number of hydrogen-bond acceptors (Lipinski definition) is 10. The highest BCUT2D eigenvalue weighted by Crippen LogP contribution is 2.35. The molecule has 1 aliphatic rings. The Balaban J connectivity index is 1.57. The molecule has 0 saturated carbocycles. The maximum atomic E-state index is 13.8. The standard InChI is InChI=1S/C30H24N4O8S/c1-4-41-29(36)26-18(3)31-30-32(27(26)20-10-8-17(2)9-11-20)28(35)25(43-30)15-19-6-5-7-22(14-19)42-24-13-12-21(33(37)38)16-23(24)34(39)40/h5-16,27H,4H2,1-3H3/b25-15-/t27-/m1/s1. The molecule has 12 nitrogen and oxygen atoms in total. The highest BCUT2D eigenvalue weighted by molar-refractivity contribution is 7.07. The van der Waals surface area contributed by atoms with E-state index >= 15 is 0 Å². The number of carbonyl (C=O) groups excluding carboxylic acids is 1. The van der Waals surface area contributed by atoms with Crippen LogP contribution in [0.3, 0.4) is 0 Å². The van der Waals surface area contributed by atoms with E-state index in [4.69, 9.17) is 9.47 Å². The summed E-state index contributed by atoms with van der Waals surface area (Å²) >= 11 is 1.16. The van der Waals surface area contributed by atoms with Crippen LogP contribution in [0.5, 0.6) is 11.5 Å². The second-order valence-corrected chi connectivity index (χ2v) is 10.6. The van der Waals surface area contributed by atoms with Crippen molar-refractivity contribution in [3.63, 3.8) is 0 Å². The number of fused-ring (bicyclic) bond motifs is 1. The highest BCUT2D eigenvalue weighted by Gasteiger charge is 2.33. The highest BCUT2D eigenvalue weighted by atomic mass is 32.1. The van der Waals surface area contributed by atoms with Gasteiger partial charge >= 0.3 is 11.7 Å². The molecule has 3 aromatic carbocycles. The van der Waals surface area contributed by atoms with Gasteiger partial charge in [-0.1, -0.05) is 53.3 Å². The Morgan fingerprint density at radius 2 is 1.79 bits per heavy atom. The summed E-state index contributed by atoms with van der Waals surface area (Å²) in [5, 5.41) is 22.6. The summed E-state index contributed by atoms with van der Waals surface area (Å²) in [6, 6.07) is 16.4. The molecule has 0 amide bonds. The number of rotatable bonds is 8. The minimum Gasteiger partial charge on any atom is -0.463 e. The number of hydrogen-bond donors (Lipinski definition) is 0. The normalized spacial score (nSPS) is 14.6. The fraction of sp³-hybridized carbons (Fsp3) is 0.167. The molecule has 0 saturated heterocycles. The number of non-ortho nitro benzene ring substituents is 1. The summed E-state index contributed by atoms with van der Waals surface area (Å²) in [5.41, 5.74) is 1.69. The molecule has 0 spiro atoms. The van der Waals surface area contributed by atoms with Gasteiger partial charge in [0.1, 0.15) is 5.75 Å². The predicted octanol–water partition coefficient (Wildman–Crippen LogP) is 4.72. The zero-order valence-electron chi connectivity index (χ0n) is 23.2. The second-order valence-electron chi connectivity index (χ2n) is 9.55. The van der Waals surface area contributed by atoms with Gasteiger partial charge in [-0.2, -0.15) is 0 Å². The van der Waals surface area contributed by atoms with Gasteiger partial charge in [-0.3, -0.25) is 29.6 Å². The van der Waals surface area contributed by atoms with Crippen LogP contribution in [-0.4, -0.2) is 27.0 Å². The van der Waals surface area contributed by atoms with E-state index in [-0.39, 0.29) is 29.2 Å². The lowest BCUT2D eigenvalue weighted by Crippen LogP contribution is -2.39. The summed E-state index contributed by atoms with van der Waals surface area (Å²) in [6.07, 6.45) is 1.64. The van der Waals surface area contributed by atoms with E-state index in [1.807, 2.05) is 31.2 Å². The summed E-state index contributed by atoms with van der Waals surface area (Å²) in [7, 11) is 0.